The van der Waals surface area contributed by atoms with Crippen molar-refractivity contribution in [3.8, 4) is 0 Å². The van der Waals surface area contributed by atoms with E-state index in [1.807, 2.05) is 0 Å². The first-order chi connectivity index (χ1) is 11.1. The zero-order valence-electron chi connectivity index (χ0n) is 13.2. The number of methoxy groups -OCH3 is 1. The maximum atomic E-state index is 11.6. The number of rotatable bonds is 6. The summed E-state index contributed by atoms with van der Waals surface area (Å²) in [6.07, 6.45) is 3.68. The molecule has 1 aliphatic heterocycles. The van der Waals surface area contributed by atoms with Crippen LogP contribution in [0.2, 0.25) is 5.02 Å². The van der Waals surface area contributed by atoms with Gasteiger partial charge in [0.15, 0.2) is 5.11 Å². The van der Waals surface area contributed by atoms with E-state index in [1.165, 1.54) is 33.0 Å². The number of carbonyl (C=O) groups excluding carboxylic acids is 1. The van der Waals surface area contributed by atoms with Gasteiger partial charge < -0.3 is 20.3 Å². The van der Waals surface area contributed by atoms with Crippen LogP contribution in [0.1, 0.15) is 29.6 Å². The molecule has 2 rings (SSSR count). The molecule has 1 aliphatic rings. The van der Waals surface area contributed by atoms with Gasteiger partial charge >= 0.3 is 5.97 Å². The molecule has 0 saturated carbocycles. The van der Waals surface area contributed by atoms with E-state index >= 15 is 0 Å². The summed E-state index contributed by atoms with van der Waals surface area (Å²) in [5, 5.41) is 7.12. The Bertz CT molecular complexity index is 562. The Hall–Kier alpha value is -1.37. The number of ether oxygens (including phenoxy) is 1. The van der Waals surface area contributed by atoms with E-state index in [4.69, 9.17) is 28.6 Å². The van der Waals surface area contributed by atoms with Crippen molar-refractivity contribution in [2.75, 3.05) is 38.6 Å². The molecule has 0 spiro atoms. The number of nitrogens with one attached hydrogen (secondary N) is 2. The molecule has 0 unspecified atom stereocenters. The maximum Gasteiger partial charge on any atom is 0.339 e. The molecule has 1 aromatic rings. The lowest BCUT2D eigenvalue weighted by atomic mass is 10.2. The first-order valence-electron chi connectivity index (χ1n) is 7.75. The van der Waals surface area contributed by atoms with Gasteiger partial charge in [0.25, 0.3) is 0 Å². The second-order valence-corrected chi connectivity index (χ2v) is 6.28. The van der Waals surface area contributed by atoms with Crippen LogP contribution in [0.5, 0.6) is 0 Å². The van der Waals surface area contributed by atoms with Gasteiger partial charge in [-0.25, -0.2) is 4.79 Å². The molecule has 0 aliphatic carbocycles. The molecule has 1 aromatic carbocycles. The molecule has 2 N–H and O–H groups in total. The van der Waals surface area contributed by atoms with Crippen LogP contribution in [0.3, 0.4) is 0 Å². The van der Waals surface area contributed by atoms with Crippen LogP contribution in [0.25, 0.3) is 0 Å². The van der Waals surface area contributed by atoms with Gasteiger partial charge in [0.05, 0.1) is 17.7 Å². The fourth-order valence-corrected chi connectivity index (χ4v) is 2.97. The van der Waals surface area contributed by atoms with Crippen LogP contribution in [0.4, 0.5) is 5.69 Å². The highest BCUT2D eigenvalue weighted by Crippen LogP contribution is 2.21. The largest absolute Gasteiger partial charge is 0.465 e. The number of hydrogen-bond acceptors (Lipinski definition) is 4. The second kappa shape index (κ2) is 9.05. The van der Waals surface area contributed by atoms with Crippen LogP contribution in [0, 0.1) is 0 Å². The van der Waals surface area contributed by atoms with Gasteiger partial charge in [-0.15, -0.1) is 0 Å². The second-order valence-electron chi connectivity index (χ2n) is 5.47. The molecule has 1 heterocycles. The normalized spacial score (nSPS) is 14.5. The van der Waals surface area contributed by atoms with Crippen LogP contribution in [-0.4, -0.2) is 49.3 Å². The third-order valence-electron chi connectivity index (χ3n) is 3.76. The number of carbonyl (C=O) groups is 1. The Morgan fingerprint density at radius 3 is 2.83 bits per heavy atom. The minimum atomic E-state index is -0.469. The molecular formula is C16H22ClN3O2S. The average Bonchev–Trinajstić information content (AvgIpc) is 3.06. The van der Waals surface area contributed by atoms with Gasteiger partial charge in [0.1, 0.15) is 0 Å². The monoisotopic (exact) mass is 355 g/mol. The number of hydrogen-bond donors (Lipinski definition) is 2. The molecule has 0 atom stereocenters. The van der Waals surface area contributed by atoms with Crippen LogP contribution < -0.4 is 10.6 Å². The van der Waals surface area contributed by atoms with Crippen molar-refractivity contribution in [2.24, 2.45) is 0 Å². The highest BCUT2D eigenvalue weighted by Gasteiger charge is 2.12. The molecule has 5 nitrogen and oxygen atoms in total. The van der Waals surface area contributed by atoms with Crippen molar-refractivity contribution >= 4 is 40.6 Å². The summed E-state index contributed by atoms with van der Waals surface area (Å²) in [6, 6.07) is 5.05. The smallest absolute Gasteiger partial charge is 0.339 e. The quantitative estimate of drug-likeness (QED) is 0.465. The van der Waals surface area contributed by atoms with Crippen molar-refractivity contribution in [3.05, 3.63) is 28.8 Å². The summed E-state index contributed by atoms with van der Waals surface area (Å²) in [4.78, 5) is 14.1. The van der Waals surface area contributed by atoms with Gasteiger partial charge in [-0.3, -0.25) is 0 Å². The fraction of sp³-hybridized carbons (Fsp3) is 0.500. The topological polar surface area (TPSA) is 53.6 Å². The van der Waals surface area contributed by atoms with E-state index < -0.39 is 5.97 Å². The van der Waals surface area contributed by atoms with Gasteiger partial charge in [-0.2, -0.15) is 0 Å². The molecule has 1 saturated heterocycles. The predicted octanol–water partition coefficient (Wildman–Crippen LogP) is 2.90. The minimum absolute atomic E-state index is 0.316. The summed E-state index contributed by atoms with van der Waals surface area (Å²) in [5.41, 5.74) is 1.02. The number of benzene rings is 1. The van der Waals surface area contributed by atoms with Gasteiger partial charge in [-0.05, 0) is 69.3 Å². The number of anilines is 1. The van der Waals surface area contributed by atoms with E-state index in [-0.39, 0.29) is 0 Å². The van der Waals surface area contributed by atoms with Crippen molar-refractivity contribution in [3.63, 3.8) is 0 Å². The zero-order chi connectivity index (χ0) is 16.7. The molecule has 1 fully saturated rings. The Labute approximate surface area is 147 Å². The molecule has 7 heteroatoms. The Morgan fingerprint density at radius 2 is 2.13 bits per heavy atom. The highest BCUT2D eigenvalue weighted by atomic mass is 35.5. The van der Waals surface area contributed by atoms with Gasteiger partial charge in [-0.1, -0.05) is 11.6 Å². The van der Waals surface area contributed by atoms with E-state index in [2.05, 4.69) is 15.5 Å². The number of likely N-dealkylation sites (tertiary alicyclic amines) is 1. The van der Waals surface area contributed by atoms with Crippen LogP contribution in [-0.2, 0) is 4.74 Å². The highest BCUT2D eigenvalue weighted by molar-refractivity contribution is 7.80. The molecule has 0 bridgehead atoms. The SMILES string of the molecule is COC(=O)c1cc(NC(=S)NCCCN2CCCC2)ccc1Cl. The predicted molar refractivity (Wildman–Crippen MR) is 97.3 cm³/mol. The molecule has 0 amide bonds. The van der Waals surface area contributed by atoms with E-state index in [1.54, 1.807) is 18.2 Å². The van der Waals surface area contributed by atoms with Crippen molar-refractivity contribution in [1.82, 2.24) is 10.2 Å². The first-order valence-corrected chi connectivity index (χ1v) is 8.54. The summed E-state index contributed by atoms with van der Waals surface area (Å²) in [5.74, 6) is -0.469. The number of esters is 1. The van der Waals surface area contributed by atoms with Crippen molar-refractivity contribution < 1.29 is 9.53 Å². The number of thiocarbonyl (C=S) groups is 1. The minimum Gasteiger partial charge on any atom is -0.465 e. The third kappa shape index (κ3) is 5.64. The van der Waals surface area contributed by atoms with Crippen molar-refractivity contribution in [1.29, 1.82) is 0 Å². The van der Waals surface area contributed by atoms with Gasteiger partial charge in [0, 0.05) is 12.2 Å². The Balaban J connectivity index is 1.77. The molecule has 0 radical (unpaired) electrons. The summed E-state index contributed by atoms with van der Waals surface area (Å²) >= 11 is 11.3. The molecule has 23 heavy (non-hydrogen) atoms. The van der Waals surface area contributed by atoms with Crippen molar-refractivity contribution in [2.45, 2.75) is 19.3 Å². The number of halogens is 1. The molecule has 126 valence electrons. The van der Waals surface area contributed by atoms with Crippen LogP contribution >= 0.6 is 23.8 Å². The first kappa shape index (κ1) is 18.0. The maximum absolute atomic E-state index is 11.6. The van der Waals surface area contributed by atoms with Gasteiger partial charge in [0.2, 0.25) is 0 Å². The lowest BCUT2D eigenvalue weighted by molar-refractivity contribution is 0.0601. The van der Waals surface area contributed by atoms with Crippen LogP contribution in [0.15, 0.2) is 18.2 Å². The Kier molecular flexibility index (Phi) is 7.08. The summed E-state index contributed by atoms with van der Waals surface area (Å²) in [6.45, 7) is 4.34. The lowest BCUT2D eigenvalue weighted by Crippen LogP contribution is -2.31. The molecule has 0 aromatic heterocycles. The third-order valence-corrected chi connectivity index (χ3v) is 4.34. The summed E-state index contributed by atoms with van der Waals surface area (Å²) in [7, 11) is 1.32. The average molecular weight is 356 g/mol. The fourth-order valence-electron chi connectivity index (χ4n) is 2.56. The standard InChI is InChI=1S/C16H22ClN3O2S/c1-22-15(21)13-11-12(5-6-14(13)17)19-16(23)18-7-4-10-20-8-2-3-9-20/h5-6,11H,2-4,7-10H2,1H3,(H2,18,19,23). The summed E-state index contributed by atoms with van der Waals surface area (Å²) < 4.78 is 4.70. The van der Waals surface area contributed by atoms with E-state index in [0.29, 0.717) is 21.4 Å². The number of nitrogens with zero attached hydrogens (tertiary/aromatic N) is 1. The Morgan fingerprint density at radius 1 is 1.39 bits per heavy atom. The zero-order valence-corrected chi connectivity index (χ0v) is 14.8. The van der Waals surface area contributed by atoms with E-state index in [9.17, 15) is 4.79 Å². The van der Waals surface area contributed by atoms with E-state index in [0.717, 1.165) is 19.5 Å². The lowest BCUT2D eigenvalue weighted by Gasteiger charge is -2.15. The molecular weight excluding hydrogens is 334 g/mol.